The summed E-state index contributed by atoms with van der Waals surface area (Å²) in [4.78, 5) is 24.4. The Balaban J connectivity index is 1.77. The first kappa shape index (κ1) is 21.9. The predicted octanol–water partition coefficient (Wildman–Crippen LogP) is 3.66. The average molecular weight is 459 g/mol. The molecule has 31 heavy (non-hydrogen) atoms. The lowest BCUT2D eigenvalue weighted by molar-refractivity contribution is -0.123. The van der Waals surface area contributed by atoms with E-state index in [1.54, 1.807) is 17.3 Å². The lowest BCUT2D eigenvalue weighted by atomic mass is 10.0. The van der Waals surface area contributed by atoms with Crippen LogP contribution in [0.2, 0.25) is 0 Å². The topological polar surface area (TPSA) is 83.5 Å². The fraction of sp³-hybridized carbons (Fsp3) is 0.409. The largest absolute Gasteiger partial charge is 0.282 e. The first-order valence-corrected chi connectivity index (χ1v) is 13.0. The van der Waals surface area contributed by atoms with Crippen molar-refractivity contribution in [2.75, 3.05) is 17.7 Å². The van der Waals surface area contributed by atoms with E-state index < -0.39 is 16.1 Å². The number of hydrogen-bond acceptors (Lipinski definition) is 6. The van der Waals surface area contributed by atoms with E-state index >= 15 is 0 Å². The zero-order valence-corrected chi connectivity index (χ0v) is 19.5. The van der Waals surface area contributed by atoms with Gasteiger partial charge in [0.2, 0.25) is 15.9 Å². The first-order chi connectivity index (χ1) is 14.8. The number of amides is 1. The van der Waals surface area contributed by atoms with E-state index in [0.29, 0.717) is 24.6 Å². The van der Waals surface area contributed by atoms with Crippen LogP contribution in [-0.4, -0.2) is 47.4 Å². The zero-order valence-electron chi connectivity index (χ0n) is 17.9. The molecular weight excluding hydrogens is 432 g/mol. The van der Waals surface area contributed by atoms with Gasteiger partial charge in [-0.2, -0.15) is 4.31 Å². The molecule has 1 aliphatic heterocycles. The van der Waals surface area contributed by atoms with Gasteiger partial charge < -0.3 is 0 Å². The van der Waals surface area contributed by atoms with Gasteiger partial charge in [-0.3, -0.25) is 14.7 Å². The Morgan fingerprint density at radius 2 is 2.06 bits per heavy atom. The number of nitrogens with zero attached hydrogens (tertiary/aromatic N) is 4. The van der Waals surface area contributed by atoms with Gasteiger partial charge in [0, 0.05) is 18.9 Å². The summed E-state index contributed by atoms with van der Waals surface area (Å²) in [5.74, 6) is -0.234. The quantitative estimate of drug-likeness (QED) is 0.583. The molecule has 0 aliphatic carbocycles. The molecular formula is C22H26N4O3S2. The van der Waals surface area contributed by atoms with E-state index in [2.05, 4.69) is 11.1 Å². The number of carbonyl (C=O) groups is 1. The number of aromatic nitrogens is 2. The van der Waals surface area contributed by atoms with Crippen molar-refractivity contribution in [3.05, 3.63) is 53.3 Å². The van der Waals surface area contributed by atoms with Crippen LogP contribution in [0.4, 0.5) is 5.13 Å². The van der Waals surface area contributed by atoms with E-state index in [9.17, 15) is 13.2 Å². The number of benzene rings is 1. The number of pyridine rings is 1. The van der Waals surface area contributed by atoms with Crippen LogP contribution in [0.15, 0.2) is 36.7 Å². The fourth-order valence-corrected chi connectivity index (χ4v) is 6.12. The molecule has 1 saturated heterocycles. The first-order valence-electron chi connectivity index (χ1n) is 10.3. The summed E-state index contributed by atoms with van der Waals surface area (Å²) in [5.41, 5.74) is 3.98. The van der Waals surface area contributed by atoms with Crippen molar-refractivity contribution in [3.63, 3.8) is 0 Å². The molecule has 3 aromatic rings. The molecule has 1 aromatic carbocycles. The normalized spacial score (nSPS) is 17.7. The van der Waals surface area contributed by atoms with Gasteiger partial charge in [0.15, 0.2) is 5.13 Å². The Labute approximate surface area is 186 Å². The number of anilines is 1. The molecule has 164 valence electrons. The van der Waals surface area contributed by atoms with E-state index in [1.165, 1.54) is 21.9 Å². The highest BCUT2D eigenvalue weighted by Crippen LogP contribution is 2.34. The zero-order chi connectivity index (χ0) is 22.2. The Morgan fingerprint density at radius 1 is 1.26 bits per heavy atom. The molecule has 0 radical (unpaired) electrons. The molecule has 1 amide bonds. The van der Waals surface area contributed by atoms with Crippen LogP contribution in [0, 0.1) is 13.8 Å². The van der Waals surface area contributed by atoms with E-state index in [-0.39, 0.29) is 5.91 Å². The second kappa shape index (κ2) is 8.64. The maximum Gasteiger partial charge on any atom is 0.247 e. The summed E-state index contributed by atoms with van der Waals surface area (Å²) in [5, 5.41) is 0.580. The number of piperidine rings is 1. The van der Waals surface area contributed by atoms with Crippen LogP contribution >= 0.6 is 11.3 Å². The maximum absolute atomic E-state index is 13.8. The highest BCUT2D eigenvalue weighted by Gasteiger charge is 2.38. The molecule has 4 rings (SSSR count). The Morgan fingerprint density at radius 3 is 2.77 bits per heavy atom. The monoisotopic (exact) mass is 458 g/mol. The molecule has 1 unspecified atom stereocenters. The summed E-state index contributed by atoms with van der Waals surface area (Å²) in [6.45, 7) is 4.73. The van der Waals surface area contributed by atoms with Crippen LogP contribution < -0.4 is 4.90 Å². The average Bonchev–Trinajstić information content (AvgIpc) is 3.19. The van der Waals surface area contributed by atoms with Crippen LogP contribution in [-0.2, 0) is 21.4 Å². The summed E-state index contributed by atoms with van der Waals surface area (Å²) >= 11 is 1.45. The summed E-state index contributed by atoms with van der Waals surface area (Å²) < 4.78 is 27.1. The van der Waals surface area contributed by atoms with Gasteiger partial charge in [-0.1, -0.05) is 29.9 Å². The minimum atomic E-state index is -3.49. The number of fused-ring (bicyclic) bond motifs is 1. The fourth-order valence-electron chi connectivity index (χ4n) is 3.97. The Kier molecular flexibility index (Phi) is 6.09. The van der Waals surface area contributed by atoms with Crippen LogP contribution in [0.3, 0.4) is 0 Å². The lowest BCUT2D eigenvalue weighted by Gasteiger charge is -2.35. The maximum atomic E-state index is 13.8. The van der Waals surface area contributed by atoms with Crippen molar-refractivity contribution < 1.29 is 13.2 Å². The number of rotatable bonds is 5. The van der Waals surface area contributed by atoms with Crippen molar-refractivity contribution >= 4 is 42.6 Å². The standard InChI is InChI=1S/C22H26N4O3S2/c1-15-9-10-19-20(16(15)2)24-22(30-19)25(14-17-7-6-11-23-13-17)21(27)18-8-4-5-12-26(18)31(3,28)29/h6-7,9-11,13,18H,4-5,8,12,14H2,1-3H3. The summed E-state index contributed by atoms with van der Waals surface area (Å²) in [6.07, 6.45) is 6.68. The highest BCUT2D eigenvalue weighted by molar-refractivity contribution is 7.88. The van der Waals surface area contributed by atoms with Crippen molar-refractivity contribution in [1.29, 1.82) is 0 Å². The smallest absolute Gasteiger partial charge is 0.247 e. The molecule has 3 heterocycles. The summed E-state index contributed by atoms with van der Waals surface area (Å²) in [7, 11) is -3.49. The summed E-state index contributed by atoms with van der Waals surface area (Å²) in [6, 6.07) is 7.10. The number of sulfonamides is 1. The third kappa shape index (κ3) is 4.49. The van der Waals surface area contributed by atoms with Crippen LogP contribution in [0.5, 0.6) is 0 Å². The van der Waals surface area contributed by atoms with E-state index in [1.807, 2.05) is 32.0 Å². The van der Waals surface area contributed by atoms with Gasteiger partial charge in [0.1, 0.15) is 6.04 Å². The molecule has 0 bridgehead atoms. The third-order valence-electron chi connectivity index (χ3n) is 5.80. The molecule has 2 aromatic heterocycles. The number of carbonyl (C=O) groups excluding carboxylic acids is 1. The van der Waals surface area contributed by atoms with Gasteiger partial charge >= 0.3 is 0 Å². The minimum absolute atomic E-state index is 0.234. The molecule has 0 N–H and O–H groups in total. The predicted molar refractivity (Wildman–Crippen MR) is 124 cm³/mol. The number of hydrogen-bond donors (Lipinski definition) is 0. The molecule has 0 spiro atoms. The van der Waals surface area contributed by atoms with Gasteiger partial charge in [-0.25, -0.2) is 13.4 Å². The third-order valence-corrected chi connectivity index (χ3v) is 8.13. The van der Waals surface area contributed by atoms with E-state index in [0.717, 1.165) is 39.7 Å². The molecule has 1 fully saturated rings. The van der Waals surface area contributed by atoms with Gasteiger partial charge in [-0.05, 0) is 55.5 Å². The Hall–Kier alpha value is -2.36. The molecule has 7 nitrogen and oxygen atoms in total. The van der Waals surface area contributed by atoms with Crippen molar-refractivity contribution in [2.24, 2.45) is 0 Å². The number of aryl methyl sites for hydroxylation is 2. The minimum Gasteiger partial charge on any atom is -0.282 e. The SMILES string of the molecule is Cc1ccc2sc(N(Cc3cccnc3)C(=O)C3CCCCN3S(C)(=O)=O)nc2c1C. The molecule has 1 atom stereocenters. The lowest BCUT2D eigenvalue weighted by Crippen LogP contribution is -2.52. The second-order valence-corrected chi connectivity index (χ2v) is 11.0. The molecule has 9 heteroatoms. The second-order valence-electron chi connectivity index (χ2n) is 8.02. The van der Waals surface area contributed by atoms with Crippen molar-refractivity contribution in [3.8, 4) is 0 Å². The van der Waals surface area contributed by atoms with Gasteiger partial charge in [-0.15, -0.1) is 0 Å². The van der Waals surface area contributed by atoms with Crippen molar-refractivity contribution in [1.82, 2.24) is 14.3 Å². The van der Waals surface area contributed by atoms with Crippen molar-refractivity contribution in [2.45, 2.75) is 45.7 Å². The van der Waals surface area contributed by atoms with Gasteiger partial charge in [0.25, 0.3) is 0 Å². The molecule has 0 saturated carbocycles. The Bertz CT molecular complexity index is 1210. The van der Waals surface area contributed by atoms with Crippen LogP contribution in [0.1, 0.15) is 36.0 Å². The highest BCUT2D eigenvalue weighted by atomic mass is 32.2. The van der Waals surface area contributed by atoms with Gasteiger partial charge in [0.05, 0.1) is 23.0 Å². The van der Waals surface area contributed by atoms with Crippen LogP contribution in [0.25, 0.3) is 10.2 Å². The van der Waals surface area contributed by atoms with E-state index in [4.69, 9.17) is 4.98 Å². The molecule has 1 aliphatic rings. The number of thiazole rings is 1.